The van der Waals surface area contributed by atoms with Crippen molar-refractivity contribution in [3.63, 3.8) is 0 Å². The quantitative estimate of drug-likeness (QED) is 0.126. The summed E-state index contributed by atoms with van der Waals surface area (Å²) in [5.74, 6) is 0. The van der Waals surface area contributed by atoms with Gasteiger partial charge >= 0.3 is 603 Å². The molecule has 100 heavy (non-hydrogen) atoms. The topological polar surface area (TPSA) is 19.4 Å². The molecule has 0 radical (unpaired) electrons. The van der Waals surface area contributed by atoms with Gasteiger partial charge in [0, 0.05) is 0 Å². The van der Waals surface area contributed by atoms with Gasteiger partial charge in [-0.15, -0.1) is 0 Å². The van der Waals surface area contributed by atoms with Crippen LogP contribution < -0.4 is 59.9 Å². The molecule has 0 saturated heterocycles. The predicted molar refractivity (Wildman–Crippen MR) is 430 cm³/mol. The zero-order valence-electron chi connectivity index (χ0n) is 56.7. The summed E-state index contributed by atoms with van der Waals surface area (Å²) in [5.41, 5.74) is 28.5. The summed E-state index contributed by atoms with van der Waals surface area (Å²) >= 11 is -0.107. The fourth-order valence-electron chi connectivity index (χ4n) is 16.2. The van der Waals surface area contributed by atoms with E-state index in [4.69, 9.17) is 0 Å². The Kier molecular flexibility index (Phi) is 14.2. The molecular weight excluding hydrogens is 1340 g/mol. The molecule has 10 heteroatoms. The Morgan fingerprint density at radius 1 is 0.270 bits per heavy atom. The van der Waals surface area contributed by atoms with E-state index >= 15 is 0 Å². The number of para-hydroxylation sites is 8. The third kappa shape index (κ3) is 9.67. The number of nitrogens with zero attached hydrogens (tertiary/aromatic N) is 6. The summed E-state index contributed by atoms with van der Waals surface area (Å²) in [5, 5.41) is 2.68. The fourth-order valence-corrected chi connectivity index (χ4v) is 21.7. The Labute approximate surface area is 598 Å². The van der Waals surface area contributed by atoms with Crippen molar-refractivity contribution in [2.24, 2.45) is 0 Å². The summed E-state index contributed by atoms with van der Waals surface area (Å²) in [6.07, 6.45) is 0. The number of hydrogen-bond acceptors (Lipinski definition) is 6. The van der Waals surface area contributed by atoms with Crippen LogP contribution in [0.4, 0.5) is 102 Å². The van der Waals surface area contributed by atoms with Crippen molar-refractivity contribution in [3.05, 3.63) is 327 Å². The minimum atomic E-state index is -0.112. The summed E-state index contributed by atoms with van der Waals surface area (Å²) in [6.45, 7) is 13.9. The molecule has 2 aromatic heterocycles. The van der Waals surface area contributed by atoms with E-state index in [9.17, 15) is 0 Å². The summed E-state index contributed by atoms with van der Waals surface area (Å²) < 4.78 is 5.83. The predicted octanol–water partition coefficient (Wildman–Crippen LogP) is 19.8. The van der Waals surface area contributed by atoms with Crippen molar-refractivity contribution in [2.75, 3.05) is 29.4 Å². The maximum absolute atomic E-state index is 2.75. The van der Waals surface area contributed by atoms with Crippen LogP contribution in [0.5, 0.6) is 0 Å². The molecule has 4 aliphatic rings. The SMILES string of the molecule is CC(C)(C)c1ccc2[se]c3c(c2c1)N(c1ccccc1)c1cc(N(c2ccccc2)c2ccccc2)cc2c1B3c1cc3c(cc1N2c1ccccc1)N(c1ccccc1)c1cc(N(c2ccccc2)c2ccccc2)cc2c1B3c1[se]c3ccc(C(C)(C)C)cc3c1N2c1ccccc1. The average Bonchev–Trinajstić information content (AvgIpc) is 1.20. The van der Waals surface area contributed by atoms with E-state index in [1.54, 1.807) is 0 Å². The summed E-state index contributed by atoms with van der Waals surface area (Å²) in [4.78, 5) is 15.5. The Morgan fingerprint density at radius 2 is 0.550 bits per heavy atom. The van der Waals surface area contributed by atoms with Crippen LogP contribution in [0.25, 0.3) is 19.3 Å². The fraction of sp³-hybridized carbons (Fsp3) is 0.0889. The second-order valence-corrected chi connectivity index (χ2v) is 33.4. The zero-order chi connectivity index (χ0) is 67.1. The van der Waals surface area contributed by atoms with Crippen LogP contribution in [-0.4, -0.2) is 42.4 Å². The molecule has 0 aliphatic carbocycles. The zero-order valence-corrected chi connectivity index (χ0v) is 60.1. The van der Waals surface area contributed by atoms with Gasteiger partial charge in [-0.25, -0.2) is 0 Å². The molecule has 0 fully saturated rings. The number of hydrogen-bond donors (Lipinski definition) is 0. The second-order valence-electron chi connectivity index (χ2n) is 28.9. The summed E-state index contributed by atoms with van der Waals surface area (Å²) in [7, 11) is 0. The molecule has 4 aliphatic heterocycles. The van der Waals surface area contributed by atoms with Gasteiger partial charge in [0.15, 0.2) is 0 Å². The van der Waals surface area contributed by atoms with E-state index in [-0.39, 0.29) is 53.3 Å². The van der Waals surface area contributed by atoms with E-state index in [2.05, 4.69) is 386 Å². The van der Waals surface area contributed by atoms with Gasteiger partial charge in [0.1, 0.15) is 0 Å². The van der Waals surface area contributed by atoms with Crippen LogP contribution >= 0.6 is 0 Å². The molecule has 0 amide bonds. The molecule has 13 aromatic carbocycles. The average molecular weight is 1420 g/mol. The molecule has 0 atom stereocenters. The van der Waals surface area contributed by atoms with Gasteiger partial charge in [-0.1, -0.05) is 0 Å². The molecule has 478 valence electrons. The molecule has 19 rings (SSSR count). The monoisotopic (exact) mass is 1420 g/mol. The summed E-state index contributed by atoms with van der Waals surface area (Å²) in [6, 6.07) is 119. The van der Waals surface area contributed by atoms with E-state index in [1.807, 2.05) is 0 Å². The maximum atomic E-state index is 2.75. The third-order valence-corrected chi connectivity index (χ3v) is 25.9. The van der Waals surface area contributed by atoms with Crippen LogP contribution in [0.3, 0.4) is 0 Å². The van der Waals surface area contributed by atoms with Crippen LogP contribution in [0.1, 0.15) is 52.7 Å². The first kappa shape index (κ1) is 60.5. The number of benzene rings is 13. The second kappa shape index (κ2) is 23.5. The van der Waals surface area contributed by atoms with Gasteiger partial charge in [0.25, 0.3) is 0 Å². The van der Waals surface area contributed by atoms with Crippen LogP contribution in [0, 0.1) is 0 Å². The Bertz CT molecular complexity index is 5240. The third-order valence-electron chi connectivity index (χ3n) is 20.8. The van der Waals surface area contributed by atoms with Crippen LogP contribution in [0.2, 0.25) is 0 Å². The first-order valence-corrected chi connectivity index (χ1v) is 38.2. The number of fused-ring (bicyclic) bond motifs is 12. The molecule has 6 nitrogen and oxygen atoms in total. The van der Waals surface area contributed by atoms with Gasteiger partial charge in [0.05, 0.1) is 0 Å². The van der Waals surface area contributed by atoms with Crippen molar-refractivity contribution >= 4 is 195 Å². The van der Waals surface area contributed by atoms with Gasteiger partial charge in [-0.2, -0.15) is 0 Å². The van der Waals surface area contributed by atoms with Gasteiger partial charge in [0.2, 0.25) is 0 Å². The molecule has 0 unspecified atom stereocenters. The number of rotatable bonds is 10. The van der Waals surface area contributed by atoms with Crippen molar-refractivity contribution in [2.45, 2.75) is 52.4 Å². The van der Waals surface area contributed by atoms with Crippen molar-refractivity contribution in [1.82, 2.24) is 0 Å². The molecule has 0 spiro atoms. The van der Waals surface area contributed by atoms with E-state index < -0.39 is 0 Å². The molecule has 6 heterocycles. The van der Waals surface area contributed by atoms with E-state index in [0.717, 1.165) is 56.9 Å². The first-order chi connectivity index (χ1) is 48.9. The van der Waals surface area contributed by atoms with Crippen LogP contribution in [-0.2, 0) is 10.8 Å². The molecular formula is C90H70B2N6Se2. The standard InChI is InChI=1S/C90H70B2N6Se2/c1-89(2,3)59-47-49-81-71(51-59)85-87(99-81)91-73-57-74-76(58-75(73)95(65-39-23-11-24-40-65)77-53-69(55-79(83(77)91)97(85)67-43-27-13-28-44-67)93(61-31-15-7-16-32-61)62-33-17-8-18-34-62)96(66-41-25-12-26-42-66)78-54-70(94(63-35-19-9-20-36-63)64-37-21-10-22-38-64)56-80-84(78)92(74)88-86(98(80)68-45-29-14-30-46-68)72-52-60(90(4,5)6)48-50-82(72)100-88/h7-58H,1-6H3. The van der Waals surface area contributed by atoms with E-state index in [0.29, 0.717) is 0 Å². The van der Waals surface area contributed by atoms with Gasteiger partial charge in [-0.3, -0.25) is 0 Å². The number of anilines is 18. The first-order valence-electron chi connectivity index (χ1n) is 34.8. The minimum absolute atomic E-state index is 0.0536. The van der Waals surface area contributed by atoms with Crippen LogP contribution in [0.15, 0.2) is 315 Å². The molecule has 15 aromatic rings. The normalized spacial score (nSPS) is 13.4. The van der Waals surface area contributed by atoms with Gasteiger partial charge < -0.3 is 0 Å². The van der Waals surface area contributed by atoms with Crippen molar-refractivity contribution in [1.29, 1.82) is 0 Å². The Balaban J connectivity index is 0.973. The van der Waals surface area contributed by atoms with E-state index in [1.165, 1.54) is 106 Å². The molecule has 0 saturated carbocycles. The van der Waals surface area contributed by atoms with Crippen molar-refractivity contribution < 1.29 is 0 Å². The van der Waals surface area contributed by atoms with Gasteiger partial charge in [-0.05, 0) is 0 Å². The Hall–Kier alpha value is -10.7. The Morgan fingerprint density at radius 3 is 0.850 bits per heavy atom. The van der Waals surface area contributed by atoms with Crippen molar-refractivity contribution in [3.8, 4) is 0 Å². The molecule has 0 bridgehead atoms. The molecule has 0 N–H and O–H groups in total.